The molecule has 0 atom stereocenters. The molecule has 182 valence electrons. The lowest BCUT2D eigenvalue weighted by atomic mass is 10.0. The number of amides is 3. The molecule has 0 radical (unpaired) electrons. The number of piperidine rings is 1. The number of para-hydroxylation sites is 1. The van der Waals surface area contributed by atoms with E-state index in [1.165, 1.54) is 11.3 Å². The fourth-order valence-corrected chi connectivity index (χ4v) is 6.02. The molecule has 1 saturated heterocycles. The van der Waals surface area contributed by atoms with Gasteiger partial charge in [0.1, 0.15) is 21.2 Å². The Hall–Kier alpha value is -3.95. The van der Waals surface area contributed by atoms with Crippen LogP contribution in [0.25, 0.3) is 10.2 Å². The first-order valence-corrected chi connectivity index (χ1v) is 12.7. The average Bonchev–Trinajstić information content (AvgIpc) is 3.28. The molecule has 0 spiro atoms. The van der Waals surface area contributed by atoms with Gasteiger partial charge in [-0.05, 0) is 75.4 Å². The molecule has 2 aliphatic heterocycles. The topological polar surface area (TPSA) is 92.0 Å². The summed E-state index contributed by atoms with van der Waals surface area (Å²) in [5, 5.41) is 0.791. The third-order valence-corrected chi connectivity index (χ3v) is 7.88. The molecule has 8 nitrogen and oxygen atoms in total. The van der Waals surface area contributed by atoms with E-state index in [4.69, 9.17) is 10.5 Å². The molecular weight excluding hydrogens is 474 g/mol. The molecule has 6 rings (SSSR count). The number of likely N-dealkylation sites (tertiary alicyclic amines) is 1. The van der Waals surface area contributed by atoms with Crippen molar-refractivity contribution in [3.8, 4) is 11.5 Å². The van der Waals surface area contributed by atoms with Crippen molar-refractivity contribution < 1.29 is 14.3 Å². The van der Waals surface area contributed by atoms with Crippen LogP contribution in [-0.2, 0) is 0 Å². The quantitative estimate of drug-likeness (QED) is 0.399. The smallest absolute Gasteiger partial charge is 0.333 e. The highest BCUT2D eigenvalue weighted by molar-refractivity contribution is 7.21. The maximum Gasteiger partial charge on any atom is 0.333 e. The van der Waals surface area contributed by atoms with Crippen molar-refractivity contribution in [2.24, 2.45) is 5.73 Å². The SMILES string of the molecule is CN1CCC(N2C(=O)N(c3ccc(Oc4ccccc4)cc3)c3ccnc4sc(C(N)=O)c2c34)CC1. The van der Waals surface area contributed by atoms with E-state index in [9.17, 15) is 9.59 Å². The van der Waals surface area contributed by atoms with Gasteiger partial charge < -0.3 is 15.4 Å². The Morgan fingerprint density at radius 1 is 1.03 bits per heavy atom. The van der Waals surface area contributed by atoms with Gasteiger partial charge in [-0.25, -0.2) is 9.78 Å². The van der Waals surface area contributed by atoms with Gasteiger partial charge in [-0.3, -0.25) is 14.6 Å². The monoisotopic (exact) mass is 499 g/mol. The number of aromatic nitrogens is 1. The number of carbonyl (C=O) groups is 2. The van der Waals surface area contributed by atoms with Gasteiger partial charge in [-0.1, -0.05) is 18.2 Å². The summed E-state index contributed by atoms with van der Waals surface area (Å²) in [5.41, 5.74) is 7.80. The van der Waals surface area contributed by atoms with E-state index in [0.717, 1.165) is 37.1 Å². The Morgan fingerprint density at radius 3 is 2.42 bits per heavy atom. The largest absolute Gasteiger partial charge is 0.457 e. The Balaban J connectivity index is 1.45. The Bertz CT molecular complexity index is 1450. The van der Waals surface area contributed by atoms with Gasteiger partial charge in [0.25, 0.3) is 5.91 Å². The molecule has 9 heteroatoms. The van der Waals surface area contributed by atoms with E-state index in [1.807, 2.05) is 60.7 Å². The van der Waals surface area contributed by atoms with E-state index in [-0.39, 0.29) is 12.1 Å². The molecule has 2 aliphatic rings. The number of carbonyl (C=O) groups excluding carboxylic acids is 2. The predicted octanol–water partition coefficient (Wildman–Crippen LogP) is 5.36. The molecule has 2 aromatic heterocycles. The summed E-state index contributed by atoms with van der Waals surface area (Å²) in [7, 11) is 2.08. The van der Waals surface area contributed by atoms with Gasteiger partial charge in [-0.15, -0.1) is 11.3 Å². The zero-order valence-corrected chi connectivity index (χ0v) is 20.6. The zero-order chi connectivity index (χ0) is 24.8. The first kappa shape index (κ1) is 22.5. The number of benzene rings is 2. The van der Waals surface area contributed by atoms with E-state index in [0.29, 0.717) is 32.5 Å². The van der Waals surface area contributed by atoms with Gasteiger partial charge >= 0.3 is 6.03 Å². The minimum absolute atomic E-state index is 0.0406. The summed E-state index contributed by atoms with van der Waals surface area (Å²) in [4.78, 5) is 38.0. The lowest BCUT2D eigenvalue weighted by Crippen LogP contribution is -2.52. The van der Waals surface area contributed by atoms with Crippen molar-refractivity contribution in [3.05, 3.63) is 71.7 Å². The van der Waals surface area contributed by atoms with Crippen molar-refractivity contribution in [1.29, 1.82) is 0 Å². The van der Waals surface area contributed by atoms with Crippen LogP contribution >= 0.6 is 11.3 Å². The van der Waals surface area contributed by atoms with Crippen molar-refractivity contribution in [3.63, 3.8) is 0 Å². The average molecular weight is 500 g/mol. The van der Waals surface area contributed by atoms with Crippen LogP contribution in [0.2, 0.25) is 0 Å². The maximum atomic E-state index is 14.2. The Kier molecular flexibility index (Phi) is 5.58. The minimum Gasteiger partial charge on any atom is -0.457 e. The number of thiophene rings is 1. The second-order valence-electron chi connectivity index (χ2n) is 9.09. The number of anilines is 3. The summed E-state index contributed by atoms with van der Waals surface area (Å²) in [5.74, 6) is 0.875. The van der Waals surface area contributed by atoms with Crippen molar-refractivity contribution >= 4 is 50.6 Å². The highest BCUT2D eigenvalue weighted by Gasteiger charge is 2.41. The summed E-state index contributed by atoms with van der Waals surface area (Å²) >= 11 is 1.25. The van der Waals surface area contributed by atoms with Gasteiger partial charge in [0.05, 0.1) is 22.4 Å². The molecule has 1 fully saturated rings. The highest BCUT2D eigenvalue weighted by atomic mass is 32.1. The molecule has 2 N–H and O–H groups in total. The number of hydrogen-bond acceptors (Lipinski definition) is 6. The van der Waals surface area contributed by atoms with Crippen LogP contribution in [0.3, 0.4) is 0 Å². The van der Waals surface area contributed by atoms with Crippen LogP contribution < -0.4 is 20.3 Å². The number of hydrogen-bond donors (Lipinski definition) is 1. The minimum atomic E-state index is -0.541. The lowest BCUT2D eigenvalue weighted by molar-refractivity contribution is 0.100. The van der Waals surface area contributed by atoms with Crippen LogP contribution in [0, 0.1) is 0 Å². The molecule has 0 aliphatic carbocycles. The predicted molar refractivity (Wildman–Crippen MR) is 142 cm³/mol. The van der Waals surface area contributed by atoms with E-state index >= 15 is 0 Å². The van der Waals surface area contributed by atoms with Crippen molar-refractivity contribution in [2.45, 2.75) is 18.9 Å². The summed E-state index contributed by atoms with van der Waals surface area (Å²) in [6.07, 6.45) is 3.29. The molecule has 3 amide bonds. The van der Waals surface area contributed by atoms with Gasteiger partial charge in [0, 0.05) is 12.2 Å². The zero-order valence-electron chi connectivity index (χ0n) is 19.8. The molecule has 4 aromatic rings. The Labute approximate surface area is 212 Å². The standard InChI is InChI=1S/C27H25N5O3S/c1-30-15-12-18(13-16-30)32-23-22-21(11-14-29-26(22)36-24(23)25(28)33)31(27(32)34)17-7-9-20(10-8-17)35-19-5-3-2-4-6-19/h2-11,14,18H,12-13,15-16H2,1H3,(H2,28,33). The number of nitrogens with zero attached hydrogens (tertiary/aromatic N) is 4. The van der Waals surface area contributed by atoms with E-state index < -0.39 is 5.91 Å². The molecule has 0 saturated carbocycles. The van der Waals surface area contributed by atoms with Crippen molar-refractivity contribution in [2.75, 3.05) is 29.9 Å². The third kappa shape index (κ3) is 3.77. The Morgan fingerprint density at radius 2 is 1.72 bits per heavy atom. The van der Waals surface area contributed by atoms with Crippen LogP contribution in [0.5, 0.6) is 11.5 Å². The molecule has 36 heavy (non-hydrogen) atoms. The van der Waals surface area contributed by atoms with Gasteiger partial charge in [0.2, 0.25) is 0 Å². The number of nitrogens with two attached hydrogens (primary N) is 1. The summed E-state index contributed by atoms with van der Waals surface area (Å²) in [6.45, 7) is 1.75. The van der Waals surface area contributed by atoms with Crippen LogP contribution in [0.4, 0.5) is 21.9 Å². The second-order valence-corrected chi connectivity index (χ2v) is 10.1. The lowest BCUT2D eigenvalue weighted by Gasteiger charge is -2.42. The molecule has 4 heterocycles. The van der Waals surface area contributed by atoms with Crippen LogP contribution in [0.1, 0.15) is 22.5 Å². The fraction of sp³-hybridized carbons (Fsp3) is 0.222. The summed E-state index contributed by atoms with van der Waals surface area (Å²) in [6, 6.07) is 18.6. The number of urea groups is 1. The number of pyridine rings is 1. The van der Waals surface area contributed by atoms with E-state index in [1.54, 1.807) is 16.0 Å². The fourth-order valence-electron chi connectivity index (χ4n) is 5.01. The van der Waals surface area contributed by atoms with Crippen molar-refractivity contribution in [1.82, 2.24) is 9.88 Å². The number of primary amides is 1. The van der Waals surface area contributed by atoms with Gasteiger partial charge in [0.15, 0.2) is 0 Å². The highest BCUT2D eigenvalue weighted by Crippen LogP contribution is 2.49. The van der Waals surface area contributed by atoms with Crippen LogP contribution in [0.15, 0.2) is 66.9 Å². The molecule has 0 bridgehead atoms. The molecular formula is C27H25N5O3S. The normalized spacial score (nSPS) is 16.5. The first-order chi connectivity index (χ1) is 17.5. The number of rotatable bonds is 5. The maximum absolute atomic E-state index is 14.2. The number of ether oxygens (including phenoxy) is 1. The van der Waals surface area contributed by atoms with Crippen LogP contribution in [-0.4, -0.2) is 48.0 Å². The molecule has 2 aromatic carbocycles. The van der Waals surface area contributed by atoms with E-state index in [2.05, 4.69) is 16.9 Å². The molecule has 0 unspecified atom stereocenters. The first-order valence-electron chi connectivity index (χ1n) is 11.9. The summed E-state index contributed by atoms with van der Waals surface area (Å²) < 4.78 is 5.94. The van der Waals surface area contributed by atoms with Gasteiger partial charge in [-0.2, -0.15) is 0 Å². The third-order valence-electron chi connectivity index (χ3n) is 6.77. The second kappa shape index (κ2) is 8.92.